The molecule has 0 heterocycles. The average molecular weight is 367 g/mol. The van der Waals surface area contributed by atoms with Gasteiger partial charge in [0.15, 0.2) is 0 Å². The fourth-order valence-electron chi connectivity index (χ4n) is 1.90. The van der Waals surface area contributed by atoms with Gasteiger partial charge < -0.3 is 10.5 Å². The first-order valence-electron chi connectivity index (χ1n) is 6.29. The minimum absolute atomic E-state index is 0.0216. The number of benzene rings is 2. The van der Waals surface area contributed by atoms with Crippen molar-refractivity contribution in [3.8, 4) is 5.75 Å². The van der Waals surface area contributed by atoms with Crippen molar-refractivity contribution < 1.29 is 4.74 Å². The molecule has 0 fully saturated rings. The van der Waals surface area contributed by atoms with Crippen molar-refractivity contribution in [1.29, 1.82) is 0 Å². The van der Waals surface area contributed by atoms with Gasteiger partial charge in [-0.05, 0) is 60.2 Å². The lowest BCUT2D eigenvalue weighted by Crippen LogP contribution is -2.08. The van der Waals surface area contributed by atoms with Gasteiger partial charge in [0.1, 0.15) is 12.4 Å². The third-order valence-corrected chi connectivity index (χ3v) is 3.68. The van der Waals surface area contributed by atoms with Crippen LogP contribution in [0.5, 0.6) is 5.75 Å². The first kappa shape index (κ1) is 14.3. The summed E-state index contributed by atoms with van der Waals surface area (Å²) in [4.78, 5) is 0. The summed E-state index contributed by atoms with van der Waals surface area (Å²) in [6.45, 7) is 4.61. The molecule has 100 valence electrons. The van der Waals surface area contributed by atoms with Gasteiger partial charge in [0.2, 0.25) is 0 Å². The van der Waals surface area contributed by atoms with E-state index in [1.54, 1.807) is 0 Å². The number of hydrogen-bond acceptors (Lipinski definition) is 2. The Kier molecular flexibility index (Phi) is 4.82. The molecule has 0 spiro atoms. The van der Waals surface area contributed by atoms with Crippen molar-refractivity contribution in [2.24, 2.45) is 5.73 Å². The lowest BCUT2D eigenvalue weighted by Gasteiger charge is -2.15. The van der Waals surface area contributed by atoms with Crippen LogP contribution < -0.4 is 10.5 Å². The van der Waals surface area contributed by atoms with Crippen LogP contribution in [0.2, 0.25) is 0 Å². The molecule has 3 heteroatoms. The van der Waals surface area contributed by atoms with Crippen molar-refractivity contribution in [2.45, 2.75) is 26.5 Å². The Morgan fingerprint density at radius 1 is 1.16 bits per heavy atom. The van der Waals surface area contributed by atoms with Crippen LogP contribution in [-0.4, -0.2) is 0 Å². The smallest absolute Gasteiger partial charge is 0.124 e. The Bertz CT molecular complexity index is 549. The quantitative estimate of drug-likeness (QED) is 0.823. The van der Waals surface area contributed by atoms with E-state index >= 15 is 0 Å². The zero-order valence-electron chi connectivity index (χ0n) is 11.2. The fourth-order valence-corrected chi connectivity index (χ4v) is 2.26. The van der Waals surface area contributed by atoms with E-state index in [0.717, 1.165) is 16.9 Å². The number of rotatable bonds is 4. The molecule has 0 saturated carbocycles. The van der Waals surface area contributed by atoms with Crippen LogP contribution in [-0.2, 0) is 6.61 Å². The van der Waals surface area contributed by atoms with Crippen LogP contribution in [0.3, 0.4) is 0 Å². The molecule has 2 N–H and O–H groups in total. The molecule has 0 saturated heterocycles. The summed E-state index contributed by atoms with van der Waals surface area (Å²) in [6.07, 6.45) is 0. The molecule has 1 atom stereocenters. The summed E-state index contributed by atoms with van der Waals surface area (Å²) in [6, 6.07) is 14.5. The van der Waals surface area contributed by atoms with Crippen LogP contribution in [0.1, 0.15) is 29.7 Å². The molecule has 0 bridgehead atoms. The summed E-state index contributed by atoms with van der Waals surface area (Å²) in [7, 11) is 0. The van der Waals surface area contributed by atoms with E-state index in [0.29, 0.717) is 6.61 Å². The molecule has 0 aliphatic carbocycles. The lowest BCUT2D eigenvalue weighted by atomic mass is 10.1. The molecule has 0 amide bonds. The van der Waals surface area contributed by atoms with Gasteiger partial charge in [0, 0.05) is 15.2 Å². The van der Waals surface area contributed by atoms with Gasteiger partial charge in [-0.15, -0.1) is 0 Å². The zero-order chi connectivity index (χ0) is 13.8. The Morgan fingerprint density at radius 3 is 2.47 bits per heavy atom. The van der Waals surface area contributed by atoms with Gasteiger partial charge in [-0.2, -0.15) is 0 Å². The highest BCUT2D eigenvalue weighted by Gasteiger charge is 2.08. The average Bonchev–Trinajstić information content (AvgIpc) is 2.39. The second kappa shape index (κ2) is 6.39. The SMILES string of the molecule is Cc1ccc(OCc2ccc(I)cc2)c([C@H](C)N)c1. The van der Waals surface area contributed by atoms with E-state index in [1.165, 1.54) is 9.13 Å². The van der Waals surface area contributed by atoms with Crippen LogP contribution in [0.15, 0.2) is 42.5 Å². The molecular formula is C16H18INO. The van der Waals surface area contributed by atoms with E-state index in [2.05, 4.69) is 65.9 Å². The third kappa shape index (κ3) is 3.94. The highest BCUT2D eigenvalue weighted by atomic mass is 127. The maximum atomic E-state index is 5.99. The second-order valence-corrected chi connectivity index (χ2v) is 5.99. The maximum Gasteiger partial charge on any atom is 0.124 e. The molecule has 19 heavy (non-hydrogen) atoms. The zero-order valence-corrected chi connectivity index (χ0v) is 13.3. The van der Waals surface area contributed by atoms with Gasteiger partial charge in [-0.1, -0.05) is 29.8 Å². The van der Waals surface area contributed by atoms with E-state index < -0.39 is 0 Å². The van der Waals surface area contributed by atoms with Gasteiger partial charge in [0.25, 0.3) is 0 Å². The molecule has 2 rings (SSSR count). The number of ether oxygens (including phenoxy) is 1. The first-order chi connectivity index (χ1) is 9.06. The molecule has 0 unspecified atom stereocenters. The number of nitrogens with two attached hydrogens (primary N) is 1. The van der Waals surface area contributed by atoms with Crippen molar-refractivity contribution in [3.05, 3.63) is 62.7 Å². The minimum Gasteiger partial charge on any atom is -0.489 e. The highest BCUT2D eigenvalue weighted by molar-refractivity contribution is 14.1. The predicted octanol–water partition coefficient (Wildman–Crippen LogP) is 4.20. The molecule has 2 nitrogen and oxygen atoms in total. The number of aryl methyl sites for hydroxylation is 1. The topological polar surface area (TPSA) is 35.2 Å². The van der Waals surface area contributed by atoms with Gasteiger partial charge >= 0.3 is 0 Å². The Labute approximate surface area is 128 Å². The Hall–Kier alpha value is -1.07. The number of halogens is 1. The van der Waals surface area contributed by atoms with E-state index in [-0.39, 0.29) is 6.04 Å². The largest absolute Gasteiger partial charge is 0.489 e. The maximum absolute atomic E-state index is 5.99. The second-order valence-electron chi connectivity index (χ2n) is 4.75. The van der Waals surface area contributed by atoms with Crippen molar-refractivity contribution in [2.75, 3.05) is 0 Å². The molecule has 0 aliphatic heterocycles. The van der Waals surface area contributed by atoms with E-state index in [1.807, 2.05) is 13.0 Å². The lowest BCUT2D eigenvalue weighted by molar-refractivity contribution is 0.301. The third-order valence-electron chi connectivity index (χ3n) is 2.96. The molecule has 2 aromatic carbocycles. The van der Waals surface area contributed by atoms with Crippen LogP contribution in [0, 0.1) is 10.5 Å². The first-order valence-corrected chi connectivity index (χ1v) is 7.37. The Balaban J connectivity index is 2.13. The molecule has 0 radical (unpaired) electrons. The fraction of sp³-hybridized carbons (Fsp3) is 0.250. The molecule has 0 aromatic heterocycles. The monoisotopic (exact) mass is 367 g/mol. The van der Waals surface area contributed by atoms with Crippen LogP contribution in [0.25, 0.3) is 0 Å². The minimum atomic E-state index is -0.0216. The summed E-state index contributed by atoms with van der Waals surface area (Å²) in [5.41, 5.74) is 9.42. The van der Waals surface area contributed by atoms with Gasteiger partial charge in [-0.25, -0.2) is 0 Å². The Morgan fingerprint density at radius 2 is 1.84 bits per heavy atom. The van der Waals surface area contributed by atoms with Crippen molar-refractivity contribution in [3.63, 3.8) is 0 Å². The standard InChI is InChI=1S/C16H18INO/c1-11-3-8-16(15(9-11)12(2)18)19-10-13-4-6-14(17)7-5-13/h3-9,12H,10,18H2,1-2H3/t12-/m0/s1. The molecule has 0 aliphatic rings. The van der Waals surface area contributed by atoms with Crippen molar-refractivity contribution in [1.82, 2.24) is 0 Å². The molecule has 2 aromatic rings. The normalized spacial score (nSPS) is 12.2. The highest BCUT2D eigenvalue weighted by Crippen LogP contribution is 2.25. The van der Waals surface area contributed by atoms with E-state index in [4.69, 9.17) is 10.5 Å². The number of hydrogen-bond donors (Lipinski definition) is 1. The van der Waals surface area contributed by atoms with Crippen LogP contribution >= 0.6 is 22.6 Å². The van der Waals surface area contributed by atoms with Crippen LogP contribution in [0.4, 0.5) is 0 Å². The molecular weight excluding hydrogens is 349 g/mol. The van der Waals surface area contributed by atoms with Gasteiger partial charge in [0.05, 0.1) is 0 Å². The summed E-state index contributed by atoms with van der Waals surface area (Å²) < 4.78 is 7.13. The van der Waals surface area contributed by atoms with Crippen molar-refractivity contribution >= 4 is 22.6 Å². The van der Waals surface area contributed by atoms with Gasteiger partial charge in [-0.3, -0.25) is 0 Å². The summed E-state index contributed by atoms with van der Waals surface area (Å²) >= 11 is 2.30. The predicted molar refractivity (Wildman–Crippen MR) is 87.3 cm³/mol. The van der Waals surface area contributed by atoms with E-state index in [9.17, 15) is 0 Å². The summed E-state index contributed by atoms with van der Waals surface area (Å²) in [5, 5.41) is 0. The summed E-state index contributed by atoms with van der Waals surface area (Å²) in [5.74, 6) is 0.874.